The maximum Gasteiger partial charge on any atom is 0.0675 e. The van der Waals surface area contributed by atoms with Crippen LogP contribution in [0.2, 0.25) is 0 Å². The lowest BCUT2D eigenvalue weighted by Gasteiger charge is -2.25. The summed E-state index contributed by atoms with van der Waals surface area (Å²) in [6.45, 7) is 4.75. The van der Waals surface area contributed by atoms with Crippen LogP contribution in [0.25, 0.3) is 0 Å². The second-order valence-electron chi connectivity index (χ2n) is 3.32. The van der Waals surface area contributed by atoms with E-state index in [1.807, 2.05) is 7.05 Å². The van der Waals surface area contributed by atoms with Crippen LogP contribution in [0, 0.1) is 0 Å². The van der Waals surface area contributed by atoms with E-state index in [4.69, 9.17) is 9.47 Å². The fraction of sp³-hybridized carbons (Fsp3) is 1.00. The molecule has 0 bridgehead atoms. The first-order chi connectivity index (χ1) is 5.83. The standard InChI is InChI=1S/C9H19NO2/c1-8(7-10-2)12-9-3-5-11-6-4-9/h8-10H,3-7H2,1-2H3. The number of rotatable bonds is 4. The second-order valence-corrected chi connectivity index (χ2v) is 3.32. The van der Waals surface area contributed by atoms with Crippen molar-refractivity contribution in [1.82, 2.24) is 5.32 Å². The Morgan fingerprint density at radius 2 is 2.17 bits per heavy atom. The highest BCUT2D eigenvalue weighted by atomic mass is 16.5. The quantitative estimate of drug-likeness (QED) is 0.682. The third-order valence-electron chi connectivity index (χ3n) is 2.08. The molecule has 1 heterocycles. The number of ether oxygens (including phenoxy) is 2. The molecule has 1 fully saturated rings. The molecule has 1 aliphatic rings. The zero-order chi connectivity index (χ0) is 8.81. The zero-order valence-corrected chi connectivity index (χ0v) is 8.01. The molecular formula is C9H19NO2. The molecule has 1 aliphatic heterocycles. The molecule has 0 radical (unpaired) electrons. The average Bonchev–Trinajstić information content (AvgIpc) is 2.06. The van der Waals surface area contributed by atoms with Gasteiger partial charge in [-0.15, -0.1) is 0 Å². The van der Waals surface area contributed by atoms with Crippen LogP contribution in [0.5, 0.6) is 0 Å². The van der Waals surface area contributed by atoms with Crippen LogP contribution in [0.3, 0.4) is 0 Å². The third-order valence-corrected chi connectivity index (χ3v) is 2.08. The highest BCUT2D eigenvalue weighted by Gasteiger charge is 2.16. The Morgan fingerprint density at radius 1 is 1.50 bits per heavy atom. The lowest BCUT2D eigenvalue weighted by atomic mass is 10.1. The topological polar surface area (TPSA) is 30.5 Å². The Hall–Kier alpha value is -0.120. The van der Waals surface area contributed by atoms with Crippen LogP contribution in [-0.4, -0.2) is 39.0 Å². The molecule has 0 aromatic rings. The molecule has 1 N–H and O–H groups in total. The Kier molecular flexibility index (Phi) is 4.58. The van der Waals surface area contributed by atoms with E-state index in [9.17, 15) is 0 Å². The van der Waals surface area contributed by atoms with Crippen molar-refractivity contribution < 1.29 is 9.47 Å². The van der Waals surface area contributed by atoms with Gasteiger partial charge in [0.25, 0.3) is 0 Å². The summed E-state index contributed by atoms with van der Waals surface area (Å²) in [5.74, 6) is 0. The number of likely N-dealkylation sites (N-methyl/N-ethyl adjacent to an activating group) is 1. The molecule has 3 heteroatoms. The monoisotopic (exact) mass is 173 g/mol. The molecule has 0 amide bonds. The minimum absolute atomic E-state index is 0.318. The summed E-state index contributed by atoms with van der Waals surface area (Å²) in [7, 11) is 1.95. The fourth-order valence-electron chi connectivity index (χ4n) is 1.48. The van der Waals surface area contributed by atoms with Crippen molar-refractivity contribution in [2.45, 2.75) is 32.0 Å². The Labute approximate surface area is 74.4 Å². The predicted octanol–water partition coefficient (Wildman–Crippen LogP) is 0.790. The summed E-state index contributed by atoms with van der Waals surface area (Å²) in [5, 5.41) is 3.10. The van der Waals surface area contributed by atoms with Crippen molar-refractivity contribution in [2.24, 2.45) is 0 Å². The maximum atomic E-state index is 5.79. The molecule has 0 saturated carbocycles. The van der Waals surface area contributed by atoms with Crippen molar-refractivity contribution in [3.63, 3.8) is 0 Å². The molecule has 0 spiro atoms. The van der Waals surface area contributed by atoms with Gasteiger partial charge in [-0.1, -0.05) is 0 Å². The maximum absolute atomic E-state index is 5.79. The van der Waals surface area contributed by atoms with Crippen molar-refractivity contribution in [1.29, 1.82) is 0 Å². The van der Waals surface area contributed by atoms with E-state index in [-0.39, 0.29) is 0 Å². The second kappa shape index (κ2) is 5.51. The molecule has 0 aliphatic carbocycles. The number of hydrogen-bond donors (Lipinski definition) is 1. The molecule has 3 nitrogen and oxygen atoms in total. The van der Waals surface area contributed by atoms with Crippen LogP contribution in [0.15, 0.2) is 0 Å². The molecule has 1 atom stereocenters. The summed E-state index contributed by atoms with van der Waals surface area (Å²) in [6.07, 6.45) is 2.84. The zero-order valence-electron chi connectivity index (χ0n) is 8.01. The molecule has 12 heavy (non-hydrogen) atoms. The van der Waals surface area contributed by atoms with Crippen LogP contribution < -0.4 is 5.32 Å². The smallest absolute Gasteiger partial charge is 0.0675 e. The van der Waals surface area contributed by atoms with Crippen LogP contribution in [-0.2, 0) is 9.47 Å². The minimum Gasteiger partial charge on any atom is -0.381 e. The van der Waals surface area contributed by atoms with Crippen LogP contribution in [0.1, 0.15) is 19.8 Å². The number of hydrogen-bond acceptors (Lipinski definition) is 3. The van der Waals surface area contributed by atoms with Gasteiger partial charge in [0.1, 0.15) is 0 Å². The van der Waals surface area contributed by atoms with E-state index in [0.29, 0.717) is 12.2 Å². The SMILES string of the molecule is CNCC(C)OC1CCOCC1. The normalized spacial score (nSPS) is 22.5. The molecular weight excluding hydrogens is 154 g/mol. The van der Waals surface area contributed by atoms with Gasteiger partial charge in [0.2, 0.25) is 0 Å². The van der Waals surface area contributed by atoms with Gasteiger partial charge in [-0.3, -0.25) is 0 Å². The first kappa shape index (κ1) is 9.96. The van der Waals surface area contributed by atoms with Gasteiger partial charge in [-0.2, -0.15) is 0 Å². The highest BCUT2D eigenvalue weighted by molar-refractivity contribution is 4.65. The minimum atomic E-state index is 0.318. The van der Waals surface area contributed by atoms with Gasteiger partial charge < -0.3 is 14.8 Å². The first-order valence-corrected chi connectivity index (χ1v) is 4.70. The summed E-state index contributed by atoms with van der Waals surface area (Å²) in [4.78, 5) is 0. The predicted molar refractivity (Wildman–Crippen MR) is 48.3 cm³/mol. The van der Waals surface area contributed by atoms with E-state index >= 15 is 0 Å². The van der Waals surface area contributed by atoms with Gasteiger partial charge in [-0.25, -0.2) is 0 Å². The summed E-state index contributed by atoms with van der Waals surface area (Å²) in [5.41, 5.74) is 0. The van der Waals surface area contributed by atoms with Crippen molar-refractivity contribution in [2.75, 3.05) is 26.8 Å². The molecule has 1 unspecified atom stereocenters. The summed E-state index contributed by atoms with van der Waals surface area (Å²) >= 11 is 0. The van der Waals surface area contributed by atoms with E-state index in [1.54, 1.807) is 0 Å². The van der Waals surface area contributed by atoms with Crippen molar-refractivity contribution >= 4 is 0 Å². The highest BCUT2D eigenvalue weighted by Crippen LogP contribution is 2.12. The molecule has 0 aromatic carbocycles. The van der Waals surface area contributed by atoms with Crippen LogP contribution in [0.4, 0.5) is 0 Å². The Balaban J connectivity index is 2.11. The van der Waals surface area contributed by atoms with Crippen LogP contribution >= 0.6 is 0 Å². The lowest BCUT2D eigenvalue weighted by molar-refractivity contribution is -0.0608. The van der Waals surface area contributed by atoms with Gasteiger partial charge in [0.05, 0.1) is 12.2 Å². The fourth-order valence-corrected chi connectivity index (χ4v) is 1.48. The summed E-state index contributed by atoms with van der Waals surface area (Å²) < 4.78 is 11.0. The number of nitrogens with one attached hydrogen (secondary N) is 1. The van der Waals surface area contributed by atoms with Crippen molar-refractivity contribution in [3.05, 3.63) is 0 Å². The Bertz CT molecular complexity index is 113. The molecule has 0 aromatic heterocycles. The average molecular weight is 173 g/mol. The van der Waals surface area contributed by atoms with Gasteiger partial charge >= 0.3 is 0 Å². The molecule has 1 rings (SSSR count). The van der Waals surface area contributed by atoms with E-state index < -0.39 is 0 Å². The van der Waals surface area contributed by atoms with Gasteiger partial charge in [-0.05, 0) is 26.8 Å². The van der Waals surface area contributed by atoms with E-state index in [1.165, 1.54) is 0 Å². The van der Waals surface area contributed by atoms with E-state index in [2.05, 4.69) is 12.2 Å². The third kappa shape index (κ3) is 3.52. The van der Waals surface area contributed by atoms with E-state index in [0.717, 1.165) is 32.6 Å². The molecule has 72 valence electrons. The lowest BCUT2D eigenvalue weighted by Crippen LogP contribution is -2.31. The summed E-state index contributed by atoms with van der Waals surface area (Å²) in [6, 6.07) is 0. The largest absolute Gasteiger partial charge is 0.381 e. The van der Waals surface area contributed by atoms with Crippen molar-refractivity contribution in [3.8, 4) is 0 Å². The van der Waals surface area contributed by atoms with Gasteiger partial charge in [0, 0.05) is 19.8 Å². The molecule has 1 saturated heterocycles. The Morgan fingerprint density at radius 3 is 2.75 bits per heavy atom. The van der Waals surface area contributed by atoms with Gasteiger partial charge in [0.15, 0.2) is 0 Å². The first-order valence-electron chi connectivity index (χ1n) is 4.70.